The van der Waals surface area contributed by atoms with Gasteiger partial charge < -0.3 is 10.2 Å². The van der Waals surface area contributed by atoms with Gasteiger partial charge in [-0.25, -0.2) is 0 Å². The second-order valence-electron chi connectivity index (χ2n) is 4.35. The van der Waals surface area contributed by atoms with Gasteiger partial charge in [0.2, 0.25) is 0 Å². The zero-order chi connectivity index (χ0) is 13.9. The number of aliphatic hydroxyl groups is 1. The maximum absolute atomic E-state index is 8.60. The van der Waals surface area contributed by atoms with Crippen molar-refractivity contribution in [1.82, 2.24) is 0 Å². The molecule has 0 aromatic rings. The molecule has 0 saturated carbocycles. The number of hydrogen-bond acceptors (Lipinski definition) is 2. The summed E-state index contributed by atoms with van der Waals surface area (Å²) in [6.45, 7) is 2.35. The van der Waals surface area contributed by atoms with E-state index in [2.05, 4.69) is 19.1 Å². The van der Waals surface area contributed by atoms with Crippen LogP contribution in [0.1, 0.15) is 71.1 Å². The van der Waals surface area contributed by atoms with Crippen molar-refractivity contribution in [2.75, 3.05) is 6.61 Å². The molecule has 0 radical (unpaired) electrons. The third kappa shape index (κ3) is 24.4. The first-order valence-corrected chi connectivity index (χ1v) is 7.17. The first-order chi connectivity index (χ1) is 8.83. The fourth-order valence-electron chi connectivity index (χ4n) is 1.65. The molecule has 0 amide bonds. The Morgan fingerprint density at radius 2 is 1.28 bits per heavy atom. The van der Waals surface area contributed by atoms with Gasteiger partial charge in [0.1, 0.15) is 0 Å². The predicted octanol–water partition coefficient (Wildman–Crippen LogP) is 4.16. The quantitative estimate of drug-likeness (QED) is 0.332. The minimum atomic E-state index is -0.250. The van der Waals surface area contributed by atoms with Gasteiger partial charge in [-0.1, -0.05) is 51.2 Å². The van der Waals surface area contributed by atoms with Gasteiger partial charge >= 0.3 is 0 Å². The summed E-state index contributed by atoms with van der Waals surface area (Å²) < 4.78 is 0. The summed E-state index contributed by atoms with van der Waals surface area (Å²) in [7, 11) is 0. The van der Waals surface area contributed by atoms with Crippen LogP contribution in [0.15, 0.2) is 12.2 Å². The molecule has 0 fully saturated rings. The molecule has 3 nitrogen and oxygen atoms in total. The number of carbonyl (C=O) groups is 1. The van der Waals surface area contributed by atoms with E-state index in [0.717, 1.165) is 6.42 Å². The topological polar surface area (TPSA) is 57.5 Å². The van der Waals surface area contributed by atoms with E-state index in [1.807, 2.05) is 0 Å². The Balaban J connectivity index is 0. The molecule has 0 bridgehead atoms. The van der Waals surface area contributed by atoms with Crippen LogP contribution < -0.4 is 0 Å². The van der Waals surface area contributed by atoms with Crippen LogP contribution in [-0.2, 0) is 4.79 Å². The first kappa shape index (κ1) is 19.5. The van der Waals surface area contributed by atoms with Gasteiger partial charge in [0.25, 0.3) is 6.47 Å². The van der Waals surface area contributed by atoms with Crippen molar-refractivity contribution in [3.8, 4) is 0 Å². The van der Waals surface area contributed by atoms with E-state index >= 15 is 0 Å². The van der Waals surface area contributed by atoms with Crippen molar-refractivity contribution in [3.63, 3.8) is 0 Å². The van der Waals surface area contributed by atoms with Gasteiger partial charge in [0.05, 0.1) is 0 Å². The van der Waals surface area contributed by atoms with E-state index in [4.69, 9.17) is 15.0 Å². The van der Waals surface area contributed by atoms with Crippen molar-refractivity contribution in [2.24, 2.45) is 0 Å². The Labute approximate surface area is 112 Å². The van der Waals surface area contributed by atoms with Crippen LogP contribution >= 0.6 is 0 Å². The van der Waals surface area contributed by atoms with Crippen LogP contribution in [0.2, 0.25) is 0 Å². The third-order valence-electron chi connectivity index (χ3n) is 2.67. The highest BCUT2D eigenvalue weighted by atomic mass is 16.3. The second kappa shape index (κ2) is 21.5. The highest BCUT2D eigenvalue weighted by Crippen LogP contribution is 2.06. The van der Waals surface area contributed by atoms with Crippen LogP contribution in [-0.4, -0.2) is 23.3 Å². The fourth-order valence-corrected chi connectivity index (χ4v) is 1.65. The van der Waals surface area contributed by atoms with Gasteiger partial charge in [0, 0.05) is 6.61 Å². The Bertz CT molecular complexity index is 167. The number of rotatable bonds is 11. The lowest BCUT2D eigenvalue weighted by Crippen LogP contribution is -1.83. The highest BCUT2D eigenvalue weighted by Gasteiger charge is 1.88. The van der Waals surface area contributed by atoms with Gasteiger partial charge in [-0.15, -0.1) is 0 Å². The van der Waals surface area contributed by atoms with Crippen molar-refractivity contribution in [2.45, 2.75) is 71.1 Å². The van der Waals surface area contributed by atoms with E-state index in [1.54, 1.807) is 0 Å². The maximum Gasteiger partial charge on any atom is 0.290 e. The van der Waals surface area contributed by atoms with E-state index in [9.17, 15) is 0 Å². The Hall–Kier alpha value is -0.830. The molecule has 0 saturated heterocycles. The summed E-state index contributed by atoms with van der Waals surface area (Å²) in [5.74, 6) is 0. The number of unbranched alkanes of at least 4 members (excludes halogenated alkanes) is 8. The van der Waals surface area contributed by atoms with Crippen LogP contribution in [0, 0.1) is 0 Å². The first-order valence-electron chi connectivity index (χ1n) is 7.17. The Kier molecular flexibility index (Phi) is 23.3. The van der Waals surface area contributed by atoms with Crippen LogP contribution in [0.4, 0.5) is 0 Å². The van der Waals surface area contributed by atoms with E-state index in [1.165, 1.54) is 57.8 Å². The van der Waals surface area contributed by atoms with Crippen LogP contribution in [0.3, 0.4) is 0 Å². The lowest BCUT2D eigenvalue weighted by Gasteiger charge is -1.97. The fraction of sp³-hybridized carbons (Fsp3) is 0.800. The number of carboxylic acid groups (broad SMARTS) is 1. The van der Waals surface area contributed by atoms with Gasteiger partial charge in [-0.05, 0) is 32.1 Å². The monoisotopic (exact) mass is 258 g/mol. The average Bonchev–Trinajstić information content (AvgIpc) is 2.37. The number of aliphatic hydroxyl groups excluding tert-OH is 1. The van der Waals surface area contributed by atoms with Crippen molar-refractivity contribution in [1.29, 1.82) is 0 Å². The average molecular weight is 258 g/mol. The SMILES string of the molecule is CCCCCC=CCCCCCCCO.O=CO. The molecule has 0 aliphatic rings. The van der Waals surface area contributed by atoms with Gasteiger partial charge in [-0.2, -0.15) is 0 Å². The van der Waals surface area contributed by atoms with Crippen molar-refractivity contribution >= 4 is 6.47 Å². The van der Waals surface area contributed by atoms with Crippen LogP contribution in [0.5, 0.6) is 0 Å². The predicted molar refractivity (Wildman–Crippen MR) is 76.8 cm³/mol. The zero-order valence-corrected chi connectivity index (χ0v) is 11.8. The summed E-state index contributed by atoms with van der Waals surface area (Å²) in [5, 5.41) is 15.5. The molecular weight excluding hydrogens is 228 g/mol. The molecule has 18 heavy (non-hydrogen) atoms. The Morgan fingerprint density at radius 3 is 1.78 bits per heavy atom. The molecule has 2 N–H and O–H groups in total. The van der Waals surface area contributed by atoms with E-state index in [0.29, 0.717) is 6.61 Å². The molecule has 0 aromatic carbocycles. The standard InChI is InChI=1S/C14H28O.CH2O2/c1-2-3-4-5-6-7-8-9-10-11-12-13-14-15;2-1-3/h6-7,15H,2-5,8-14H2,1H3;1H,(H,2,3). The van der Waals surface area contributed by atoms with Crippen molar-refractivity contribution < 1.29 is 15.0 Å². The molecule has 0 spiro atoms. The Morgan fingerprint density at radius 1 is 0.833 bits per heavy atom. The van der Waals surface area contributed by atoms with Crippen LogP contribution in [0.25, 0.3) is 0 Å². The van der Waals surface area contributed by atoms with Gasteiger partial charge in [0.15, 0.2) is 0 Å². The maximum atomic E-state index is 8.60. The molecule has 0 heterocycles. The number of allylic oxidation sites excluding steroid dienone is 2. The summed E-state index contributed by atoms with van der Waals surface area (Å²) in [4.78, 5) is 8.36. The molecule has 108 valence electrons. The van der Waals surface area contributed by atoms with Gasteiger partial charge in [-0.3, -0.25) is 4.79 Å². The summed E-state index contributed by atoms with van der Waals surface area (Å²) >= 11 is 0. The minimum Gasteiger partial charge on any atom is -0.483 e. The van der Waals surface area contributed by atoms with E-state index in [-0.39, 0.29) is 6.47 Å². The number of hydrogen-bond donors (Lipinski definition) is 2. The summed E-state index contributed by atoms with van der Waals surface area (Å²) in [5.41, 5.74) is 0. The molecule has 0 aliphatic carbocycles. The highest BCUT2D eigenvalue weighted by molar-refractivity contribution is 5.32. The summed E-state index contributed by atoms with van der Waals surface area (Å²) in [6.07, 6.45) is 17.3. The minimum absolute atomic E-state index is 0.250. The molecular formula is C15H30O3. The molecule has 0 unspecified atom stereocenters. The molecule has 0 atom stereocenters. The molecule has 0 rings (SSSR count). The third-order valence-corrected chi connectivity index (χ3v) is 2.67. The van der Waals surface area contributed by atoms with E-state index < -0.39 is 0 Å². The zero-order valence-electron chi connectivity index (χ0n) is 11.8. The second-order valence-corrected chi connectivity index (χ2v) is 4.35. The normalized spacial score (nSPS) is 10.1. The van der Waals surface area contributed by atoms with Crippen molar-refractivity contribution in [3.05, 3.63) is 12.2 Å². The smallest absolute Gasteiger partial charge is 0.290 e. The molecule has 0 aliphatic heterocycles. The molecule has 0 aromatic heterocycles. The molecule has 3 heteroatoms. The lowest BCUT2D eigenvalue weighted by atomic mass is 10.1. The largest absolute Gasteiger partial charge is 0.483 e. The summed E-state index contributed by atoms with van der Waals surface area (Å²) in [6, 6.07) is 0. The lowest BCUT2D eigenvalue weighted by molar-refractivity contribution is -0.122.